The van der Waals surface area contributed by atoms with E-state index in [0.29, 0.717) is 11.2 Å². The Hall–Kier alpha value is -0.810. The predicted octanol–water partition coefficient (Wildman–Crippen LogP) is 1.11. The van der Waals surface area contributed by atoms with Gasteiger partial charge < -0.3 is 14.4 Å². The molecule has 4 nitrogen and oxygen atoms in total. The Morgan fingerprint density at radius 3 is 2.85 bits per heavy atom. The third-order valence-electron chi connectivity index (χ3n) is 1.57. The molecule has 0 saturated carbocycles. The van der Waals surface area contributed by atoms with Crippen LogP contribution in [0.1, 0.15) is 10.6 Å². The number of amides is 1. The number of likely N-dealkylation sites (N-methyl/N-ethyl adjacent to an activating group) is 1. The van der Waals surface area contributed by atoms with Gasteiger partial charge in [-0.3, -0.25) is 4.79 Å². The highest BCUT2D eigenvalue weighted by Crippen LogP contribution is 2.15. The van der Waals surface area contributed by atoms with Gasteiger partial charge >= 0.3 is 0 Å². The second-order valence-corrected chi connectivity index (χ2v) is 3.34. The Balaban J connectivity index is 2.67. The first kappa shape index (κ1) is 10.3. The van der Waals surface area contributed by atoms with Crippen LogP contribution in [-0.4, -0.2) is 36.1 Å². The maximum atomic E-state index is 11.4. The van der Waals surface area contributed by atoms with Crippen molar-refractivity contribution in [3.63, 3.8) is 0 Å². The second-order valence-electron chi connectivity index (χ2n) is 2.55. The van der Waals surface area contributed by atoms with E-state index < -0.39 is 0 Å². The number of halogens is 1. The number of carbonyl (C=O) groups is 1. The number of hydrogen-bond acceptors (Lipinski definition) is 3. The maximum absolute atomic E-state index is 11.4. The van der Waals surface area contributed by atoms with E-state index in [1.165, 1.54) is 4.90 Å². The van der Waals surface area contributed by atoms with Crippen molar-refractivity contribution >= 4 is 21.8 Å². The Bertz CT molecular complexity index is 297. The van der Waals surface area contributed by atoms with Crippen LogP contribution in [0.2, 0.25) is 0 Å². The summed E-state index contributed by atoms with van der Waals surface area (Å²) in [4.78, 5) is 12.8. The number of aliphatic hydroxyl groups excluding tert-OH is 1. The smallest absolute Gasteiger partial charge is 0.289 e. The molecule has 1 aromatic rings. The van der Waals surface area contributed by atoms with Crippen molar-refractivity contribution in [2.75, 3.05) is 20.2 Å². The molecule has 0 saturated heterocycles. The predicted molar refractivity (Wildman–Crippen MR) is 50.5 cm³/mol. The van der Waals surface area contributed by atoms with Crippen molar-refractivity contribution in [1.82, 2.24) is 4.90 Å². The molecule has 1 aromatic heterocycles. The lowest BCUT2D eigenvalue weighted by Crippen LogP contribution is -2.29. The molecule has 0 aromatic carbocycles. The van der Waals surface area contributed by atoms with Gasteiger partial charge in [0.15, 0.2) is 10.4 Å². The van der Waals surface area contributed by atoms with Crippen molar-refractivity contribution in [3.8, 4) is 0 Å². The highest BCUT2D eigenvalue weighted by Gasteiger charge is 2.14. The van der Waals surface area contributed by atoms with Gasteiger partial charge in [-0.2, -0.15) is 0 Å². The molecule has 13 heavy (non-hydrogen) atoms. The summed E-state index contributed by atoms with van der Waals surface area (Å²) in [5.74, 6) is 0.0302. The Kier molecular flexibility index (Phi) is 3.50. The van der Waals surface area contributed by atoms with Crippen molar-refractivity contribution in [1.29, 1.82) is 0 Å². The summed E-state index contributed by atoms with van der Waals surface area (Å²) in [5, 5.41) is 8.60. The van der Waals surface area contributed by atoms with E-state index in [-0.39, 0.29) is 18.3 Å². The van der Waals surface area contributed by atoms with Gasteiger partial charge in [-0.1, -0.05) is 0 Å². The van der Waals surface area contributed by atoms with Crippen LogP contribution < -0.4 is 0 Å². The van der Waals surface area contributed by atoms with Crippen LogP contribution in [-0.2, 0) is 0 Å². The first-order valence-corrected chi connectivity index (χ1v) is 4.56. The van der Waals surface area contributed by atoms with Crippen molar-refractivity contribution in [2.45, 2.75) is 0 Å². The summed E-state index contributed by atoms with van der Waals surface area (Å²) in [6.07, 6.45) is 0. The van der Waals surface area contributed by atoms with Gasteiger partial charge in [0.1, 0.15) is 0 Å². The number of nitrogens with zero attached hydrogens (tertiary/aromatic N) is 1. The third-order valence-corrected chi connectivity index (χ3v) is 1.99. The van der Waals surface area contributed by atoms with Gasteiger partial charge in [0.05, 0.1) is 6.61 Å². The van der Waals surface area contributed by atoms with Crippen LogP contribution in [0.3, 0.4) is 0 Å². The minimum atomic E-state index is -0.236. The van der Waals surface area contributed by atoms with Crippen LogP contribution in [0.5, 0.6) is 0 Å². The molecule has 0 aliphatic carbocycles. The molecule has 5 heteroatoms. The highest BCUT2D eigenvalue weighted by atomic mass is 79.9. The zero-order chi connectivity index (χ0) is 9.84. The lowest BCUT2D eigenvalue weighted by Gasteiger charge is -2.13. The zero-order valence-corrected chi connectivity index (χ0v) is 8.74. The molecule has 1 rings (SSSR count). The fourth-order valence-electron chi connectivity index (χ4n) is 0.869. The summed E-state index contributed by atoms with van der Waals surface area (Å²) >= 11 is 3.10. The molecule has 0 atom stereocenters. The molecular formula is C8H10BrNO3. The van der Waals surface area contributed by atoms with Crippen LogP contribution in [0.15, 0.2) is 21.2 Å². The second kappa shape index (κ2) is 4.43. The monoisotopic (exact) mass is 247 g/mol. The molecule has 1 heterocycles. The number of aliphatic hydroxyl groups is 1. The van der Waals surface area contributed by atoms with Gasteiger partial charge in [-0.25, -0.2) is 0 Å². The average Bonchev–Trinajstić information content (AvgIpc) is 2.51. The quantitative estimate of drug-likeness (QED) is 0.871. The Labute approximate surface area is 84.3 Å². The topological polar surface area (TPSA) is 53.7 Å². The SMILES string of the molecule is CN(CCO)C(=O)c1ccc(Br)o1. The maximum Gasteiger partial charge on any atom is 0.289 e. The van der Waals surface area contributed by atoms with E-state index in [4.69, 9.17) is 9.52 Å². The fraction of sp³-hybridized carbons (Fsp3) is 0.375. The van der Waals surface area contributed by atoms with Crippen molar-refractivity contribution < 1.29 is 14.3 Å². The van der Waals surface area contributed by atoms with Crippen molar-refractivity contribution in [3.05, 3.63) is 22.6 Å². The molecule has 1 N–H and O–H groups in total. The van der Waals surface area contributed by atoms with E-state index in [2.05, 4.69) is 15.9 Å². The molecular weight excluding hydrogens is 238 g/mol. The number of hydrogen-bond donors (Lipinski definition) is 1. The molecule has 0 spiro atoms. The minimum absolute atomic E-state index is 0.0515. The Morgan fingerprint density at radius 2 is 2.38 bits per heavy atom. The first-order valence-electron chi connectivity index (χ1n) is 3.77. The van der Waals surface area contributed by atoms with Gasteiger partial charge in [-0.15, -0.1) is 0 Å². The normalized spacial score (nSPS) is 10.1. The van der Waals surface area contributed by atoms with Crippen LogP contribution in [0, 0.1) is 0 Å². The lowest BCUT2D eigenvalue weighted by molar-refractivity contribution is 0.0734. The van der Waals surface area contributed by atoms with E-state index in [1.807, 2.05) is 0 Å². The summed E-state index contributed by atoms with van der Waals surface area (Å²) in [7, 11) is 1.61. The molecule has 72 valence electrons. The lowest BCUT2D eigenvalue weighted by atomic mass is 10.4. The van der Waals surface area contributed by atoms with E-state index in [9.17, 15) is 4.79 Å². The molecule has 0 fully saturated rings. The van der Waals surface area contributed by atoms with Gasteiger partial charge in [0, 0.05) is 13.6 Å². The molecule has 0 unspecified atom stereocenters. The number of furan rings is 1. The van der Waals surface area contributed by atoms with Gasteiger partial charge in [0.2, 0.25) is 0 Å². The fourth-order valence-corrected chi connectivity index (χ4v) is 1.18. The van der Waals surface area contributed by atoms with E-state index >= 15 is 0 Å². The Morgan fingerprint density at radius 1 is 1.69 bits per heavy atom. The minimum Gasteiger partial charge on any atom is -0.444 e. The summed E-state index contributed by atoms with van der Waals surface area (Å²) in [5.41, 5.74) is 0. The summed E-state index contributed by atoms with van der Waals surface area (Å²) in [6, 6.07) is 3.24. The van der Waals surface area contributed by atoms with E-state index in [1.54, 1.807) is 19.2 Å². The average molecular weight is 248 g/mol. The third kappa shape index (κ3) is 2.57. The first-order chi connectivity index (χ1) is 6.15. The largest absolute Gasteiger partial charge is 0.444 e. The summed E-state index contributed by atoms with van der Waals surface area (Å²) < 4.78 is 5.58. The van der Waals surface area contributed by atoms with Crippen LogP contribution in [0.25, 0.3) is 0 Å². The van der Waals surface area contributed by atoms with E-state index in [0.717, 1.165) is 0 Å². The standard InChI is InChI=1S/C8H10BrNO3/c1-10(4-5-11)8(12)6-2-3-7(9)13-6/h2-3,11H,4-5H2,1H3. The van der Waals surface area contributed by atoms with Gasteiger partial charge in [0.25, 0.3) is 5.91 Å². The molecule has 1 amide bonds. The number of carbonyl (C=O) groups excluding carboxylic acids is 1. The molecule has 0 aliphatic rings. The van der Waals surface area contributed by atoms with Crippen molar-refractivity contribution in [2.24, 2.45) is 0 Å². The molecule has 0 aliphatic heterocycles. The number of rotatable bonds is 3. The highest BCUT2D eigenvalue weighted by molar-refractivity contribution is 9.10. The van der Waals surface area contributed by atoms with Gasteiger partial charge in [-0.05, 0) is 28.1 Å². The summed E-state index contributed by atoms with van der Waals surface area (Å²) in [6.45, 7) is 0.251. The van der Waals surface area contributed by atoms with Crippen LogP contribution in [0.4, 0.5) is 0 Å². The molecule has 0 bridgehead atoms. The zero-order valence-electron chi connectivity index (χ0n) is 7.16. The van der Waals surface area contributed by atoms with Crippen LogP contribution >= 0.6 is 15.9 Å². The molecule has 0 radical (unpaired) electrons.